The molecule has 5 heteroatoms. The molecule has 0 aliphatic carbocycles. The van der Waals surface area contributed by atoms with Crippen molar-refractivity contribution < 1.29 is 13.2 Å². The average molecular weight is 312 g/mol. The van der Waals surface area contributed by atoms with E-state index in [0.29, 0.717) is 17.6 Å². The van der Waals surface area contributed by atoms with Crippen LogP contribution >= 0.6 is 0 Å². The van der Waals surface area contributed by atoms with Gasteiger partial charge in [0.1, 0.15) is 0 Å². The maximum absolute atomic E-state index is 12.7. The van der Waals surface area contributed by atoms with E-state index >= 15 is 0 Å². The van der Waals surface area contributed by atoms with E-state index < -0.39 is 11.7 Å². The molecule has 2 fully saturated rings. The van der Waals surface area contributed by atoms with Crippen molar-refractivity contribution in [1.82, 2.24) is 4.90 Å². The minimum absolute atomic E-state index is 0.545. The molecule has 2 atom stereocenters. The summed E-state index contributed by atoms with van der Waals surface area (Å²) in [6, 6.07) is 6.13. The van der Waals surface area contributed by atoms with Crippen molar-refractivity contribution in [3.05, 3.63) is 29.8 Å². The Balaban J connectivity index is 1.62. The van der Waals surface area contributed by atoms with Gasteiger partial charge in [-0.15, -0.1) is 0 Å². The van der Waals surface area contributed by atoms with Gasteiger partial charge >= 0.3 is 6.18 Å². The maximum atomic E-state index is 12.7. The molecule has 1 N–H and O–H groups in total. The summed E-state index contributed by atoms with van der Waals surface area (Å²) >= 11 is 0. The standard InChI is InChI=1S/C17H23F3N2/c18-17(19,20)14-6-3-7-15(11-14)21-12-13-5-4-10-22-9-2-1-8-16(13)22/h3,6-7,11,13,16,21H,1-2,4-5,8-10,12H2/t13-,16+/m0/s1. The molecule has 0 aromatic heterocycles. The van der Waals surface area contributed by atoms with Crippen molar-refractivity contribution in [3.63, 3.8) is 0 Å². The monoisotopic (exact) mass is 312 g/mol. The highest BCUT2D eigenvalue weighted by Crippen LogP contribution is 2.33. The molecule has 2 aliphatic rings. The van der Waals surface area contributed by atoms with Gasteiger partial charge < -0.3 is 10.2 Å². The molecular weight excluding hydrogens is 289 g/mol. The lowest BCUT2D eigenvalue weighted by Crippen LogP contribution is -2.49. The van der Waals surface area contributed by atoms with Gasteiger partial charge in [0, 0.05) is 18.3 Å². The Kier molecular flexibility index (Phi) is 4.62. The summed E-state index contributed by atoms with van der Waals surface area (Å²) in [5, 5.41) is 3.23. The number of piperidine rings is 2. The van der Waals surface area contributed by atoms with Crippen LogP contribution in [0.4, 0.5) is 18.9 Å². The van der Waals surface area contributed by atoms with Crippen LogP contribution in [0.1, 0.15) is 37.7 Å². The average Bonchev–Trinajstić information content (AvgIpc) is 2.52. The minimum atomic E-state index is -4.28. The predicted molar refractivity (Wildman–Crippen MR) is 81.9 cm³/mol. The lowest BCUT2D eigenvalue weighted by atomic mass is 9.83. The first-order valence-corrected chi connectivity index (χ1v) is 8.19. The molecule has 122 valence electrons. The van der Waals surface area contributed by atoms with E-state index in [1.165, 1.54) is 57.3 Å². The lowest BCUT2D eigenvalue weighted by Gasteiger charge is -2.44. The second kappa shape index (κ2) is 6.49. The highest BCUT2D eigenvalue weighted by atomic mass is 19.4. The number of benzene rings is 1. The van der Waals surface area contributed by atoms with Crippen LogP contribution in [0.3, 0.4) is 0 Å². The van der Waals surface area contributed by atoms with Gasteiger partial charge in [0.2, 0.25) is 0 Å². The summed E-state index contributed by atoms with van der Waals surface area (Å²) in [5.41, 5.74) is -0.0109. The normalized spacial score (nSPS) is 26.5. The summed E-state index contributed by atoms with van der Waals surface area (Å²) in [5.74, 6) is 0.545. The third kappa shape index (κ3) is 3.57. The molecule has 2 saturated heterocycles. The predicted octanol–water partition coefficient (Wildman–Crippen LogP) is 4.38. The van der Waals surface area contributed by atoms with Crippen LogP contribution in [-0.2, 0) is 6.18 Å². The molecule has 0 spiro atoms. The van der Waals surface area contributed by atoms with E-state index in [0.717, 1.165) is 12.6 Å². The fourth-order valence-electron chi connectivity index (χ4n) is 3.87. The summed E-state index contributed by atoms with van der Waals surface area (Å²) in [6.07, 6.45) is 1.89. The summed E-state index contributed by atoms with van der Waals surface area (Å²) < 4.78 is 38.2. The van der Waals surface area contributed by atoms with E-state index in [1.54, 1.807) is 6.07 Å². The molecule has 0 radical (unpaired) electrons. The molecule has 1 aromatic rings. The van der Waals surface area contributed by atoms with Crippen molar-refractivity contribution >= 4 is 5.69 Å². The first kappa shape index (κ1) is 15.7. The van der Waals surface area contributed by atoms with Crippen LogP contribution in [0.5, 0.6) is 0 Å². The Labute approximate surface area is 129 Å². The van der Waals surface area contributed by atoms with Crippen molar-refractivity contribution in [1.29, 1.82) is 0 Å². The number of rotatable bonds is 3. The van der Waals surface area contributed by atoms with Crippen LogP contribution in [0.25, 0.3) is 0 Å². The van der Waals surface area contributed by atoms with E-state index in [-0.39, 0.29) is 0 Å². The SMILES string of the molecule is FC(F)(F)c1cccc(NC[C@@H]2CCCN3CCCC[C@H]23)c1. The largest absolute Gasteiger partial charge is 0.416 e. The third-order valence-electron chi connectivity index (χ3n) is 4.99. The fourth-order valence-corrected chi connectivity index (χ4v) is 3.87. The fraction of sp³-hybridized carbons (Fsp3) is 0.647. The first-order valence-electron chi connectivity index (χ1n) is 8.19. The molecule has 0 bridgehead atoms. The second-order valence-corrected chi connectivity index (χ2v) is 6.46. The Morgan fingerprint density at radius 1 is 1.09 bits per heavy atom. The lowest BCUT2D eigenvalue weighted by molar-refractivity contribution is -0.137. The quantitative estimate of drug-likeness (QED) is 0.891. The first-order chi connectivity index (χ1) is 10.5. The maximum Gasteiger partial charge on any atom is 0.416 e. The third-order valence-corrected chi connectivity index (χ3v) is 4.99. The van der Waals surface area contributed by atoms with Crippen molar-refractivity contribution in [3.8, 4) is 0 Å². The van der Waals surface area contributed by atoms with Gasteiger partial charge in [-0.3, -0.25) is 0 Å². The molecule has 2 aliphatic heterocycles. The topological polar surface area (TPSA) is 15.3 Å². The van der Waals surface area contributed by atoms with Gasteiger partial charge in [-0.2, -0.15) is 13.2 Å². The van der Waals surface area contributed by atoms with E-state index in [9.17, 15) is 13.2 Å². The smallest absolute Gasteiger partial charge is 0.385 e. The Morgan fingerprint density at radius 3 is 2.73 bits per heavy atom. The van der Waals surface area contributed by atoms with E-state index in [2.05, 4.69) is 10.2 Å². The Morgan fingerprint density at radius 2 is 1.91 bits per heavy atom. The van der Waals surface area contributed by atoms with E-state index in [1.807, 2.05) is 0 Å². The van der Waals surface area contributed by atoms with Crippen molar-refractivity contribution in [2.45, 2.75) is 44.3 Å². The van der Waals surface area contributed by atoms with Crippen LogP contribution < -0.4 is 5.32 Å². The van der Waals surface area contributed by atoms with Crippen LogP contribution in [0.2, 0.25) is 0 Å². The Hall–Kier alpha value is -1.23. The summed E-state index contributed by atoms with van der Waals surface area (Å²) in [7, 11) is 0. The number of hydrogen-bond acceptors (Lipinski definition) is 2. The summed E-state index contributed by atoms with van der Waals surface area (Å²) in [4.78, 5) is 2.57. The number of alkyl halides is 3. The molecule has 0 saturated carbocycles. The molecule has 2 heterocycles. The van der Waals surface area contributed by atoms with Crippen molar-refractivity contribution in [2.75, 3.05) is 25.0 Å². The Bertz CT molecular complexity index is 499. The molecule has 0 amide bonds. The highest BCUT2D eigenvalue weighted by molar-refractivity contribution is 5.46. The van der Waals surface area contributed by atoms with Gasteiger partial charge in [-0.25, -0.2) is 0 Å². The van der Waals surface area contributed by atoms with Gasteiger partial charge in [-0.05, 0) is 62.9 Å². The van der Waals surface area contributed by atoms with Crippen LogP contribution in [0, 0.1) is 5.92 Å². The second-order valence-electron chi connectivity index (χ2n) is 6.46. The number of nitrogens with zero attached hydrogens (tertiary/aromatic N) is 1. The molecule has 1 aromatic carbocycles. The molecule has 2 nitrogen and oxygen atoms in total. The van der Waals surface area contributed by atoms with Crippen LogP contribution in [-0.4, -0.2) is 30.6 Å². The number of halogens is 3. The minimum Gasteiger partial charge on any atom is -0.385 e. The number of hydrogen-bond donors (Lipinski definition) is 1. The van der Waals surface area contributed by atoms with E-state index in [4.69, 9.17) is 0 Å². The highest BCUT2D eigenvalue weighted by Gasteiger charge is 2.33. The van der Waals surface area contributed by atoms with Gasteiger partial charge in [0.15, 0.2) is 0 Å². The molecule has 22 heavy (non-hydrogen) atoms. The van der Waals surface area contributed by atoms with Gasteiger partial charge in [0.05, 0.1) is 5.56 Å². The zero-order chi connectivity index (χ0) is 15.6. The molecule has 0 unspecified atom stereocenters. The zero-order valence-corrected chi connectivity index (χ0v) is 12.7. The summed E-state index contributed by atoms with van der Waals surface area (Å²) in [6.45, 7) is 3.14. The van der Waals surface area contributed by atoms with Gasteiger partial charge in [-0.1, -0.05) is 12.5 Å². The zero-order valence-electron chi connectivity index (χ0n) is 12.7. The number of fused-ring (bicyclic) bond motifs is 1. The van der Waals surface area contributed by atoms with Crippen LogP contribution in [0.15, 0.2) is 24.3 Å². The molecular formula is C17H23F3N2. The van der Waals surface area contributed by atoms with Crippen molar-refractivity contribution in [2.24, 2.45) is 5.92 Å². The number of anilines is 1. The molecule has 3 rings (SSSR count). The number of nitrogens with one attached hydrogen (secondary N) is 1. The van der Waals surface area contributed by atoms with Gasteiger partial charge in [0.25, 0.3) is 0 Å².